The Balaban J connectivity index is 2.88. The van der Waals surface area contributed by atoms with Crippen LogP contribution < -0.4 is 5.56 Å². The molecule has 1 unspecified atom stereocenters. The number of hydrogen-bond acceptors (Lipinski definition) is 2. The van der Waals surface area contributed by atoms with Gasteiger partial charge in [0.1, 0.15) is 0 Å². The summed E-state index contributed by atoms with van der Waals surface area (Å²) in [6.07, 6.45) is 2.22. The molecule has 1 heterocycles. The van der Waals surface area contributed by atoms with Crippen molar-refractivity contribution in [2.75, 3.05) is 0 Å². The van der Waals surface area contributed by atoms with E-state index < -0.39 is 11.9 Å². The average Bonchev–Trinajstić information content (AvgIpc) is 2.22. The second-order valence-electron chi connectivity index (χ2n) is 4.87. The summed E-state index contributed by atoms with van der Waals surface area (Å²) < 4.78 is 1.65. The van der Waals surface area contributed by atoms with Crippen molar-refractivity contribution < 1.29 is 9.90 Å². The standard InChI is InChI=1S/C13H19NO3/c1-9(2)7-14-8-11(4-5-12(14)15)6-10(3)13(16)17/h4-5,8-10H,6-7H2,1-3H3,(H,16,17). The first-order valence-electron chi connectivity index (χ1n) is 5.82. The van der Waals surface area contributed by atoms with Gasteiger partial charge in [-0.05, 0) is 17.9 Å². The molecule has 1 N–H and O–H groups in total. The van der Waals surface area contributed by atoms with Crippen LogP contribution in [0.25, 0.3) is 0 Å². The van der Waals surface area contributed by atoms with Crippen molar-refractivity contribution in [1.82, 2.24) is 4.57 Å². The van der Waals surface area contributed by atoms with Crippen molar-refractivity contribution in [2.45, 2.75) is 33.7 Å². The third-order valence-electron chi connectivity index (χ3n) is 2.57. The van der Waals surface area contributed by atoms with E-state index in [0.717, 1.165) is 5.56 Å². The van der Waals surface area contributed by atoms with Crippen LogP contribution >= 0.6 is 0 Å². The van der Waals surface area contributed by atoms with Crippen molar-refractivity contribution >= 4 is 5.97 Å². The molecular formula is C13H19NO3. The number of hydrogen-bond donors (Lipinski definition) is 1. The fourth-order valence-corrected chi connectivity index (χ4v) is 1.68. The molecule has 1 aromatic heterocycles. The van der Waals surface area contributed by atoms with Crippen LogP contribution in [0.2, 0.25) is 0 Å². The van der Waals surface area contributed by atoms with Gasteiger partial charge in [-0.15, -0.1) is 0 Å². The van der Waals surface area contributed by atoms with E-state index in [1.54, 1.807) is 23.8 Å². The Morgan fingerprint density at radius 1 is 1.35 bits per heavy atom. The Kier molecular flexibility index (Phi) is 4.49. The first-order chi connectivity index (χ1) is 7.90. The maximum Gasteiger partial charge on any atom is 0.306 e. The topological polar surface area (TPSA) is 59.3 Å². The van der Waals surface area contributed by atoms with Crippen LogP contribution in [0.15, 0.2) is 23.1 Å². The molecule has 1 rings (SSSR count). The number of aromatic nitrogens is 1. The van der Waals surface area contributed by atoms with Crippen molar-refractivity contribution in [3.8, 4) is 0 Å². The van der Waals surface area contributed by atoms with Gasteiger partial charge in [0.05, 0.1) is 5.92 Å². The van der Waals surface area contributed by atoms with Crippen molar-refractivity contribution in [3.63, 3.8) is 0 Å². The summed E-state index contributed by atoms with van der Waals surface area (Å²) in [5.74, 6) is -0.855. The summed E-state index contributed by atoms with van der Waals surface area (Å²) in [7, 11) is 0. The van der Waals surface area contributed by atoms with Gasteiger partial charge in [0.15, 0.2) is 0 Å². The maximum absolute atomic E-state index is 11.6. The molecule has 0 fully saturated rings. The lowest BCUT2D eigenvalue weighted by Crippen LogP contribution is -2.22. The Hall–Kier alpha value is -1.58. The number of carboxylic acid groups (broad SMARTS) is 1. The smallest absolute Gasteiger partial charge is 0.306 e. The van der Waals surface area contributed by atoms with Gasteiger partial charge in [0.2, 0.25) is 0 Å². The Morgan fingerprint density at radius 3 is 2.53 bits per heavy atom. The largest absolute Gasteiger partial charge is 0.481 e. The van der Waals surface area contributed by atoms with Gasteiger partial charge in [-0.2, -0.15) is 0 Å². The zero-order valence-electron chi connectivity index (χ0n) is 10.5. The third-order valence-corrected chi connectivity index (χ3v) is 2.57. The van der Waals surface area contributed by atoms with Crippen LogP contribution in [0.3, 0.4) is 0 Å². The number of carboxylic acids is 1. The van der Waals surface area contributed by atoms with Crippen LogP contribution in [0, 0.1) is 11.8 Å². The molecule has 4 nitrogen and oxygen atoms in total. The summed E-state index contributed by atoms with van der Waals surface area (Å²) in [5, 5.41) is 8.84. The molecule has 17 heavy (non-hydrogen) atoms. The summed E-state index contributed by atoms with van der Waals surface area (Å²) in [5.41, 5.74) is 0.852. The van der Waals surface area contributed by atoms with Gasteiger partial charge >= 0.3 is 5.97 Å². The highest BCUT2D eigenvalue weighted by Gasteiger charge is 2.12. The Morgan fingerprint density at radius 2 is 2.00 bits per heavy atom. The number of aliphatic carboxylic acids is 1. The van der Waals surface area contributed by atoms with Crippen LogP contribution in [0.5, 0.6) is 0 Å². The first-order valence-corrected chi connectivity index (χ1v) is 5.82. The van der Waals surface area contributed by atoms with Gasteiger partial charge in [-0.1, -0.05) is 26.8 Å². The summed E-state index contributed by atoms with van der Waals surface area (Å²) in [4.78, 5) is 22.3. The van der Waals surface area contributed by atoms with E-state index in [0.29, 0.717) is 18.9 Å². The van der Waals surface area contributed by atoms with E-state index in [9.17, 15) is 9.59 Å². The highest BCUT2D eigenvalue weighted by molar-refractivity contribution is 5.69. The highest BCUT2D eigenvalue weighted by Crippen LogP contribution is 2.08. The zero-order valence-corrected chi connectivity index (χ0v) is 10.5. The average molecular weight is 237 g/mol. The molecule has 4 heteroatoms. The second-order valence-corrected chi connectivity index (χ2v) is 4.87. The van der Waals surface area contributed by atoms with E-state index in [1.807, 2.05) is 13.8 Å². The molecule has 0 saturated carbocycles. The molecular weight excluding hydrogens is 218 g/mol. The summed E-state index contributed by atoms with van der Waals surface area (Å²) in [6, 6.07) is 3.21. The summed E-state index contributed by atoms with van der Waals surface area (Å²) >= 11 is 0. The molecule has 0 bridgehead atoms. The SMILES string of the molecule is CC(C)Cn1cc(CC(C)C(=O)O)ccc1=O. The monoisotopic (exact) mass is 237 g/mol. The molecule has 0 radical (unpaired) electrons. The summed E-state index contributed by atoms with van der Waals surface area (Å²) in [6.45, 7) is 6.41. The number of pyridine rings is 1. The Labute approximate surface area is 101 Å². The minimum atomic E-state index is -0.813. The van der Waals surface area contributed by atoms with Crippen LogP contribution in [-0.4, -0.2) is 15.6 Å². The lowest BCUT2D eigenvalue weighted by molar-refractivity contribution is -0.141. The quantitative estimate of drug-likeness (QED) is 0.849. The molecule has 0 aliphatic heterocycles. The zero-order chi connectivity index (χ0) is 13.0. The molecule has 0 aliphatic carbocycles. The second kappa shape index (κ2) is 5.66. The van der Waals surface area contributed by atoms with Crippen molar-refractivity contribution in [3.05, 3.63) is 34.2 Å². The molecule has 1 atom stereocenters. The molecule has 0 amide bonds. The van der Waals surface area contributed by atoms with Gasteiger partial charge in [0.25, 0.3) is 5.56 Å². The lowest BCUT2D eigenvalue weighted by atomic mass is 10.0. The van der Waals surface area contributed by atoms with E-state index in [4.69, 9.17) is 5.11 Å². The molecule has 0 saturated heterocycles. The maximum atomic E-state index is 11.6. The number of carbonyl (C=O) groups is 1. The van der Waals surface area contributed by atoms with Crippen LogP contribution in [0.1, 0.15) is 26.3 Å². The predicted octanol–water partition coefficient (Wildman–Crippen LogP) is 1.77. The molecule has 1 aromatic rings. The van der Waals surface area contributed by atoms with Crippen molar-refractivity contribution in [2.24, 2.45) is 11.8 Å². The van der Waals surface area contributed by atoms with E-state index in [-0.39, 0.29) is 5.56 Å². The predicted molar refractivity (Wildman–Crippen MR) is 66.0 cm³/mol. The fraction of sp³-hybridized carbons (Fsp3) is 0.538. The van der Waals surface area contributed by atoms with Gasteiger partial charge in [-0.3, -0.25) is 9.59 Å². The molecule has 94 valence electrons. The van der Waals surface area contributed by atoms with Gasteiger partial charge < -0.3 is 9.67 Å². The minimum absolute atomic E-state index is 0.0366. The molecule has 0 aliphatic rings. The molecule has 0 aromatic carbocycles. The van der Waals surface area contributed by atoms with Crippen LogP contribution in [-0.2, 0) is 17.8 Å². The highest BCUT2D eigenvalue weighted by atomic mass is 16.4. The number of nitrogens with zero attached hydrogens (tertiary/aromatic N) is 1. The first kappa shape index (κ1) is 13.5. The lowest BCUT2D eigenvalue weighted by Gasteiger charge is -2.11. The minimum Gasteiger partial charge on any atom is -0.481 e. The normalized spacial score (nSPS) is 12.7. The van der Waals surface area contributed by atoms with E-state index >= 15 is 0 Å². The van der Waals surface area contributed by atoms with E-state index in [2.05, 4.69) is 0 Å². The van der Waals surface area contributed by atoms with Crippen LogP contribution in [0.4, 0.5) is 0 Å². The van der Waals surface area contributed by atoms with Gasteiger partial charge in [0, 0.05) is 18.8 Å². The van der Waals surface area contributed by atoms with Gasteiger partial charge in [-0.25, -0.2) is 0 Å². The van der Waals surface area contributed by atoms with Crippen molar-refractivity contribution in [1.29, 1.82) is 0 Å². The molecule has 0 spiro atoms. The van der Waals surface area contributed by atoms with E-state index in [1.165, 1.54) is 6.07 Å². The Bertz CT molecular complexity index is 448. The third kappa shape index (κ3) is 4.06. The fourth-order valence-electron chi connectivity index (χ4n) is 1.68. The number of rotatable bonds is 5.